The van der Waals surface area contributed by atoms with Crippen molar-refractivity contribution in [3.8, 4) is 33.8 Å². The second kappa shape index (κ2) is 6.57. The summed E-state index contributed by atoms with van der Waals surface area (Å²) >= 11 is 0. The van der Waals surface area contributed by atoms with Crippen molar-refractivity contribution in [3.63, 3.8) is 0 Å². The van der Waals surface area contributed by atoms with E-state index >= 15 is 0 Å². The molecule has 0 unspecified atom stereocenters. The molecule has 0 saturated carbocycles. The van der Waals surface area contributed by atoms with Crippen molar-refractivity contribution in [2.24, 2.45) is 0 Å². The lowest BCUT2D eigenvalue weighted by molar-refractivity contribution is 0.397. The summed E-state index contributed by atoms with van der Waals surface area (Å²) in [6.07, 6.45) is 0. The Hall–Kier alpha value is -2.74. The lowest BCUT2D eigenvalue weighted by atomic mass is 9.91. The smallest absolute Gasteiger partial charge is 0.130 e. The number of benzene rings is 3. The summed E-state index contributed by atoms with van der Waals surface area (Å²) in [5.74, 6) is 1.62. The molecule has 0 saturated heterocycles. The van der Waals surface area contributed by atoms with Gasteiger partial charge in [0.1, 0.15) is 11.5 Å². The molecule has 0 aromatic heterocycles. The van der Waals surface area contributed by atoms with E-state index in [1.807, 2.05) is 24.3 Å². The van der Waals surface area contributed by atoms with Crippen molar-refractivity contribution in [1.82, 2.24) is 0 Å². The van der Waals surface area contributed by atoms with Crippen LogP contribution in [-0.2, 0) is 0 Å². The molecule has 0 amide bonds. The molecular formula is C21H20O2. The first-order valence-corrected chi connectivity index (χ1v) is 7.62. The third-order valence-electron chi connectivity index (χ3n) is 4.06. The van der Waals surface area contributed by atoms with E-state index in [2.05, 4.69) is 49.4 Å². The van der Waals surface area contributed by atoms with Crippen LogP contribution in [0.15, 0.2) is 66.7 Å². The topological polar surface area (TPSA) is 18.5 Å². The van der Waals surface area contributed by atoms with Crippen LogP contribution >= 0.6 is 0 Å². The normalized spacial score (nSPS) is 10.4. The highest BCUT2D eigenvalue weighted by Gasteiger charge is 2.16. The maximum absolute atomic E-state index is 5.58. The van der Waals surface area contributed by atoms with Gasteiger partial charge in [-0.1, -0.05) is 54.6 Å². The summed E-state index contributed by atoms with van der Waals surface area (Å²) in [5, 5.41) is 0. The van der Waals surface area contributed by atoms with E-state index < -0.39 is 0 Å². The average Bonchev–Trinajstić information content (AvgIpc) is 2.61. The minimum Gasteiger partial charge on any atom is -0.496 e. The molecule has 0 aliphatic rings. The SMILES string of the molecule is COc1cccc(OC)c1-c1ccccc1-c1ccccc1C. The van der Waals surface area contributed by atoms with Gasteiger partial charge in [0.25, 0.3) is 0 Å². The van der Waals surface area contributed by atoms with Crippen molar-refractivity contribution in [1.29, 1.82) is 0 Å². The van der Waals surface area contributed by atoms with Crippen molar-refractivity contribution in [2.75, 3.05) is 14.2 Å². The Balaban J connectivity index is 2.30. The van der Waals surface area contributed by atoms with E-state index in [1.54, 1.807) is 14.2 Å². The third-order valence-corrected chi connectivity index (χ3v) is 4.06. The summed E-state index contributed by atoms with van der Waals surface area (Å²) in [6.45, 7) is 2.13. The van der Waals surface area contributed by atoms with Gasteiger partial charge in [-0.05, 0) is 41.3 Å². The van der Waals surface area contributed by atoms with Crippen molar-refractivity contribution in [3.05, 3.63) is 72.3 Å². The molecule has 0 radical (unpaired) electrons. The number of hydrogen-bond acceptors (Lipinski definition) is 2. The Morgan fingerprint density at radius 2 is 1.09 bits per heavy atom. The van der Waals surface area contributed by atoms with Crippen LogP contribution in [0.4, 0.5) is 0 Å². The molecule has 0 atom stereocenters. The first kappa shape index (κ1) is 15.2. The van der Waals surface area contributed by atoms with Crippen LogP contribution in [0.2, 0.25) is 0 Å². The van der Waals surface area contributed by atoms with Crippen LogP contribution in [0.25, 0.3) is 22.3 Å². The maximum atomic E-state index is 5.58. The van der Waals surface area contributed by atoms with Gasteiger partial charge < -0.3 is 9.47 Å². The minimum absolute atomic E-state index is 0.811. The predicted octanol–water partition coefficient (Wildman–Crippen LogP) is 5.35. The quantitative estimate of drug-likeness (QED) is 0.647. The minimum atomic E-state index is 0.811. The molecular weight excluding hydrogens is 284 g/mol. The number of methoxy groups -OCH3 is 2. The van der Waals surface area contributed by atoms with Gasteiger partial charge in [0, 0.05) is 0 Å². The van der Waals surface area contributed by atoms with Crippen LogP contribution < -0.4 is 9.47 Å². The standard InChI is InChI=1S/C21H20O2/c1-15-9-4-5-10-16(15)17-11-6-7-12-18(17)21-19(22-2)13-8-14-20(21)23-3/h4-14H,1-3H3. The molecule has 3 aromatic rings. The fourth-order valence-electron chi connectivity index (χ4n) is 2.93. The first-order valence-electron chi connectivity index (χ1n) is 7.62. The molecule has 23 heavy (non-hydrogen) atoms. The molecule has 0 fully saturated rings. The fourth-order valence-corrected chi connectivity index (χ4v) is 2.93. The lowest BCUT2D eigenvalue weighted by Gasteiger charge is -2.17. The Bertz CT molecular complexity index is 799. The zero-order chi connectivity index (χ0) is 16.2. The highest BCUT2D eigenvalue weighted by atomic mass is 16.5. The summed E-state index contributed by atoms with van der Waals surface area (Å²) in [4.78, 5) is 0. The lowest BCUT2D eigenvalue weighted by Crippen LogP contribution is -1.95. The highest BCUT2D eigenvalue weighted by Crippen LogP contribution is 2.43. The number of aryl methyl sites for hydroxylation is 1. The molecule has 0 aliphatic heterocycles. The second-order valence-corrected chi connectivity index (χ2v) is 5.40. The van der Waals surface area contributed by atoms with Gasteiger partial charge in [0.15, 0.2) is 0 Å². The Morgan fingerprint density at radius 1 is 0.565 bits per heavy atom. The summed E-state index contributed by atoms with van der Waals surface area (Å²) in [5.41, 5.74) is 5.73. The van der Waals surface area contributed by atoms with Crippen LogP contribution in [0.5, 0.6) is 11.5 Å². The zero-order valence-electron chi connectivity index (χ0n) is 13.7. The average molecular weight is 304 g/mol. The number of rotatable bonds is 4. The van der Waals surface area contributed by atoms with Crippen LogP contribution in [0, 0.1) is 6.92 Å². The largest absolute Gasteiger partial charge is 0.496 e. The van der Waals surface area contributed by atoms with Gasteiger partial charge in [0.2, 0.25) is 0 Å². The van der Waals surface area contributed by atoms with Crippen molar-refractivity contribution >= 4 is 0 Å². The predicted molar refractivity (Wildman–Crippen MR) is 95.2 cm³/mol. The van der Waals surface area contributed by atoms with Crippen LogP contribution in [0.3, 0.4) is 0 Å². The van der Waals surface area contributed by atoms with Crippen LogP contribution in [-0.4, -0.2) is 14.2 Å². The third kappa shape index (κ3) is 2.80. The van der Waals surface area contributed by atoms with Gasteiger partial charge in [-0.2, -0.15) is 0 Å². The van der Waals surface area contributed by atoms with Gasteiger partial charge >= 0.3 is 0 Å². The monoisotopic (exact) mass is 304 g/mol. The molecule has 0 spiro atoms. The highest BCUT2D eigenvalue weighted by molar-refractivity contribution is 5.89. The second-order valence-electron chi connectivity index (χ2n) is 5.40. The molecule has 3 rings (SSSR count). The van der Waals surface area contributed by atoms with E-state index in [1.165, 1.54) is 16.7 Å². The zero-order valence-corrected chi connectivity index (χ0v) is 13.7. The molecule has 0 aliphatic carbocycles. The summed E-state index contributed by atoms with van der Waals surface area (Å²) in [7, 11) is 3.38. The molecule has 0 heterocycles. The molecule has 0 bridgehead atoms. The number of ether oxygens (including phenoxy) is 2. The van der Waals surface area contributed by atoms with Crippen LogP contribution in [0.1, 0.15) is 5.56 Å². The summed E-state index contributed by atoms with van der Waals surface area (Å²) < 4.78 is 11.2. The Morgan fingerprint density at radius 3 is 1.65 bits per heavy atom. The molecule has 2 heteroatoms. The van der Waals surface area contributed by atoms with Crippen molar-refractivity contribution < 1.29 is 9.47 Å². The van der Waals surface area contributed by atoms with E-state index in [0.717, 1.165) is 22.6 Å². The molecule has 0 N–H and O–H groups in total. The fraction of sp³-hybridized carbons (Fsp3) is 0.143. The van der Waals surface area contributed by atoms with Crippen molar-refractivity contribution in [2.45, 2.75) is 6.92 Å². The first-order chi connectivity index (χ1) is 11.3. The van der Waals surface area contributed by atoms with E-state index in [9.17, 15) is 0 Å². The van der Waals surface area contributed by atoms with E-state index in [0.29, 0.717) is 0 Å². The molecule has 3 aromatic carbocycles. The molecule has 2 nitrogen and oxygen atoms in total. The molecule has 116 valence electrons. The van der Waals surface area contributed by atoms with E-state index in [4.69, 9.17) is 9.47 Å². The van der Waals surface area contributed by atoms with Gasteiger partial charge in [0.05, 0.1) is 19.8 Å². The number of hydrogen-bond donors (Lipinski definition) is 0. The van der Waals surface area contributed by atoms with Gasteiger partial charge in [-0.15, -0.1) is 0 Å². The van der Waals surface area contributed by atoms with E-state index in [-0.39, 0.29) is 0 Å². The van der Waals surface area contributed by atoms with Gasteiger partial charge in [-0.3, -0.25) is 0 Å². The van der Waals surface area contributed by atoms with Gasteiger partial charge in [-0.25, -0.2) is 0 Å². The summed E-state index contributed by atoms with van der Waals surface area (Å²) in [6, 6.07) is 22.6. The maximum Gasteiger partial charge on any atom is 0.130 e. The Kier molecular flexibility index (Phi) is 4.33. The Labute approximate surface area is 137 Å².